The first-order valence-electron chi connectivity index (χ1n) is 15.4. The molecule has 2 heterocycles. The van der Waals surface area contributed by atoms with E-state index in [1.165, 1.54) is 6.07 Å². The number of carbonyl (C=O) groups is 1. The molecule has 2 aromatic carbocycles. The van der Waals surface area contributed by atoms with Crippen LogP contribution in [-0.4, -0.2) is 59.9 Å². The zero-order valence-corrected chi connectivity index (χ0v) is 27.9. The zero-order chi connectivity index (χ0) is 32.1. The van der Waals surface area contributed by atoms with Gasteiger partial charge in [-0.15, -0.1) is 0 Å². The topological polar surface area (TPSA) is 93.0 Å². The van der Waals surface area contributed by atoms with Gasteiger partial charge in [-0.3, -0.25) is 9.59 Å². The number of piperidine rings is 1. The Hall–Kier alpha value is -2.59. The first kappa shape index (κ1) is 33.8. The Balaban J connectivity index is 1.29. The number of aryl methyl sites for hydroxylation is 2. The Morgan fingerprint density at radius 3 is 2.53 bits per heavy atom. The van der Waals surface area contributed by atoms with Crippen molar-refractivity contribution in [3.63, 3.8) is 0 Å². The van der Waals surface area contributed by atoms with Gasteiger partial charge in [-0.2, -0.15) is 0 Å². The van der Waals surface area contributed by atoms with Crippen molar-refractivity contribution in [3.05, 3.63) is 96.3 Å². The maximum atomic E-state index is 14.2. The molecule has 1 aromatic heterocycles. The highest BCUT2D eigenvalue weighted by Crippen LogP contribution is 2.39. The second kappa shape index (κ2) is 14.9. The second-order valence-electron chi connectivity index (χ2n) is 12.0. The Kier molecular flexibility index (Phi) is 11.2. The molecule has 2 fully saturated rings. The second-order valence-corrected chi connectivity index (χ2v) is 13.2. The summed E-state index contributed by atoms with van der Waals surface area (Å²) in [4.78, 5) is 29.2. The van der Waals surface area contributed by atoms with Gasteiger partial charge in [0, 0.05) is 50.1 Å². The number of nitrogens with one attached hydrogen (secondary N) is 1. The fraction of sp³-hybridized carbons (Fsp3) is 0.471. The van der Waals surface area contributed by atoms with Crippen molar-refractivity contribution in [2.24, 2.45) is 5.92 Å². The van der Waals surface area contributed by atoms with Crippen molar-refractivity contribution in [2.75, 3.05) is 33.4 Å². The minimum atomic E-state index is -1.49. The molecule has 0 radical (unpaired) electrons. The standard InChI is InChI=1S/C34H40Cl3N3O5/c1-22-16-29(36)32(30(37)17-22)45-14-3-12-39-13-8-25(19-31(39)41)34(43)10-11-38-20-27(34)33(42)40(26-5-6-26)21-24-18-23(9-15-44-2)4-7-28(24)35/h4,7-8,13,16-19,26-27,38,43H,3,5-6,9-12,14-15,20-21H2,1-2H3. The number of aromatic nitrogens is 1. The monoisotopic (exact) mass is 675 g/mol. The van der Waals surface area contributed by atoms with E-state index in [-0.39, 0.29) is 17.5 Å². The largest absolute Gasteiger partial charge is 0.490 e. The van der Waals surface area contributed by atoms with E-state index in [2.05, 4.69) is 5.32 Å². The first-order valence-corrected chi connectivity index (χ1v) is 16.5. The van der Waals surface area contributed by atoms with Gasteiger partial charge in [-0.05, 0) is 92.1 Å². The number of carbonyl (C=O) groups excluding carboxylic acids is 1. The van der Waals surface area contributed by atoms with Gasteiger partial charge in [0.25, 0.3) is 5.56 Å². The zero-order valence-electron chi connectivity index (χ0n) is 25.7. The van der Waals surface area contributed by atoms with Crippen molar-refractivity contribution < 1.29 is 19.4 Å². The molecular weight excluding hydrogens is 637 g/mol. The van der Waals surface area contributed by atoms with Crippen molar-refractivity contribution in [1.29, 1.82) is 0 Å². The smallest absolute Gasteiger partial charge is 0.250 e. The number of rotatable bonds is 13. The molecular formula is C34H40Cl3N3O5. The fourth-order valence-corrected chi connectivity index (χ4v) is 6.87. The Morgan fingerprint density at radius 2 is 1.84 bits per heavy atom. The molecule has 2 unspecified atom stereocenters. The lowest BCUT2D eigenvalue weighted by Crippen LogP contribution is -2.55. The van der Waals surface area contributed by atoms with Crippen LogP contribution in [0, 0.1) is 12.8 Å². The highest BCUT2D eigenvalue weighted by atomic mass is 35.5. The quantitative estimate of drug-likeness (QED) is 0.224. The molecule has 45 heavy (non-hydrogen) atoms. The van der Waals surface area contributed by atoms with E-state index in [1.807, 2.05) is 30.0 Å². The molecule has 1 saturated heterocycles. The van der Waals surface area contributed by atoms with Gasteiger partial charge < -0.3 is 29.4 Å². The molecule has 5 rings (SSSR count). The van der Waals surface area contributed by atoms with Gasteiger partial charge in [0.2, 0.25) is 5.91 Å². The van der Waals surface area contributed by atoms with Crippen LogP contribution in [0.2, 0.25) is 15.1 Å². The number of nitrogens with zero attached hydrogens (tertiary/aromatic N) is 2. The summed E-state index contributed by atoms with van der Waals surface area (Å²) in [5, 5.41) is 16.9. The molecule has 1 aliphatic heterocycles. The molecule has 8 nitrogen and oxygen atoms in total. The molecule has 11 heteroatoms. The van der Waals surface area contributed by atoms with Crippen LogP contribution in [0.25, 0.3) is 0 Å². The molecule has 0 spiro atoms. The minimum absolute atomic E-state index is 0.0993. The van der Waals surface area contributed by atoms with Crippen LogP contribution in [0.1, 0.15) is 47.9 Å². The van der Waals surface area contributed by atoms with Crippen LogP contribution in [0.4, 0.5) is 0 Å². The highest BCUT2D eigenvalue weighted by molar-refractivity contribution is 6.37. The minimum Gasteiger partial charge on any atom is -0.490 e. The van der Waals surface area contributed by atoms with Crippen LogP contribution >= 0.6 is 34.8 Å². The fourth-order valence-electron chi connectivity index (χ4n) is 5.98. The third-order valence-corrected chi connectivity index (χ3v) is 9.58. The SMILES string of the molecule is COCCc1ccc(Cl)c(CN(C(=O)C2CNCCC2(O)c2ccn(CCCOc3c(Cl)cc(C)cc3Cl)c(=O)c2)C2CC2)c1. The number of aliphatic hydroxyl groups is 1. The molecule has 2 N–H and O–H groups in total. The molecule has 242 valence electrons. The number of pyridine rings is 1. The van der Waals surface area contributed by atoms with E-state index in [9.17, 15) is 14.7 Å². The Bertz CT molecular complexity index is 1550. The Morgan fingerprint density at radius 1 is 1.09 bits per heavy atom. The van der Waals surface area contributed by atoms with Gasteiger partial charge in [0.15, 0.2) is 5.75 Å². The van der Waals surface area contributed by atoms with E-state index in [1.54, 1.807) is 36.1 Å². The van der Waals surface area contributed by atoms with Crippen molar-refractivity contribution in [3.8, 4) is 5.75 Å². The summed E-state index contributed by atoms with van der Waals surface area (Å²) in [6.45, 7) is 4.42. The number of methoxy groups -OCH3 is 1. The summed E-state index contributed by atoms with van der Waals surface area (Å²) in [7, 11) is 1.67. The van der Waals surface area contributed by atoms with Gasteiger partial charge in [-0.25, -0.2) is 0 Å². The maximum Gasteiger partial charge on any atom is 0.250 e. The number of ether oxygens (including phenoxy) is 2. The average Bonchev–Trinajstić information content (AvgIpc) is 3.85. The number of hydrogen-bond acceptors (Lipinski definition) is 6. The van der Waals surface area contributed by atoms with E-state index in [0.29, 0.717) is 78.6 Å². The molecule has 2 aliphatic rings. The van der Waals surface area contributed by atoms with Gasteiger partial charge in [0.05, 0.1) is 29.2 Å². The summed E-state index contributed by atoms with van der Waals surface area (Å²) in [5.41, 5.74) is 1.61. The molecule has 2 atom stereocenters. The van der Waals surface area contributed by atoms with Crippen LogP contribution in [0.15, 0.2) is 53.5 Å². The highest BCUT2D eigenvalue weighted by Gasteiger charge is 2.48. The lowest BCUT2D eigenvalue weighted by atomic mass is 9.76. The lowest BCUT2D eigenvalue weighted by molar-refractivity contribution is -0.150. The summed E-state index contributed by atoms with van der Waals surface area (Å²) in [6, 6.07) is 12.8. The first-order chi connectivity index (χ1) is 21.6. The number of benzene rings is 2. The van der Waals surface area contributed by atoms with E-state index < -0.39 is 11.5 Å². The number of hydrogen-bond donors (Lipinski definition) is 2. The summed E-state index contributed by atoms with van der Waals surface area (Å²) >= 11 is 19.1. The number of amides is 1. The molecule has 3 aromatic rings. The third-order valence-electron chi connectivity index (χ3n) is 8.65. The van der Waals surface area contributed by atoms with Crippen molar-refractivity contribution in [1.82, 2.24) is 14.8 Å². The number of halogens is 3. The molecule has 1 amide bonds. The molecule has 1 aliphatic carbocycles. The van der Waals surface area contributed by atoms with Gasteiger partial charge >= 0.3 is 0 Å². The molecule has 1 saturated carbocycles. The van der Waals surface area contributed by atoms with Crippen LogP contribution in [-0.2, 0) is 34.6 Å². The lowest BCUT2D eigenvalue weighted by Gasteiger charge is -2.42. The van der Waals surface area contributed by atoms with Crippen LogP contribution in [0.3, 0.4) is 0 Å². The molecule has 0 bridgehead atoms. The summed E-state index contributed by atoms with van der Waals surface area (Å²) in [5.74, 6) is -0.466. The summed E-state index contributed by atoms with van der Waals surface area (Å²) < 4.78 is 12.6. The van der Waals surface area contributed by atoms with E-state index in [0.717, 1.165) is 36.0 Å². The van der Waals surface area contributed by atoms with E-state index >= 15 is 0 Å². The van der Waals surface area contributed by atoms with Crippen LogP contribution in [0.5, 0.6) is 5.75 Å². The Labute approximate surface area is 279 Å². The van der Waals surface area contributed by atoms with Crippen LogP contribution < -0.4 is 15.6 Å². The maximum absolute atomic E-state index is 14.2. The van der Waals surface area contributed by atoms with Gasteiger partial charge in [-0.1, -0.05) is 46.9 Å². The van der Waals surface area contributed by atoms with Crippen molar-refractivity contribution in [2.45, 2.75) is 63.8 Å². The third kappa shape index (κ3) is 8.05. The summed E-state index contributed by atoms with van der Waals surface area (Å²) in [6.07, 6.45) is 5.10. The van der Waals surface area contributed by atoms with Crippen molar-refractivity contribution >= 4 is 40.7 Å². The predicted octanol–water partition coefficient (Wildman–Crippen LogP) is 5.76. The predicted molar refractivity (Wildman–Crippen MR) is 177 cm³/mol. The average molecular weight is 677 g/mol. The normalized spacial score (nSPS) is 19.8. The van der Waals surface area contributed by atoms with Gasteiger partial charge in [0.1, 0.15) is 5.60 Å². The van der Waals surface area contributed by atoms with E-state index in [4.69, 9.17) is 44.3 Å².